The SMILES string of the molecule is CCc1cc(C2(C)COC2)no1. The lowest BCUT2D eigenvalue weighted by Crippen LogP contribution is -2.44. The number of rotatable bonds is 2. The molecule has 0 spiro atoms. The van der Waals surface area contributed by atoms with Crippen LogP contribution in [0, 0.1) is 0 Å². The second kappa shape index (κ2) is 2.59. The molecule has 3 nitrogen and oxygen atoms in total. The highest BCUT2D eigenvalue weighted by molar-refractivity contribution is 5.19. The van der Waals surface area contributed by atoms with Gasteiger partial charge < -0.3 is 9.26 Å². The highest BCUT2D eigenvalue weighted by atomic mass is 16.5. The molecule has 1 aromatic rings. The summed E-state index contributed by atoms with van der Waals surface area (Å²) in [5.41, 5.74) is 1.14. The molecule has 0 N–H and O–H groups in total. The zero-order valence-corrected chi connectivity index (χ0v) is 7.46. The van der Waals surface area contributed by atoms with E-state index < -0.39 is 0 Å². The van der Waals surface area contributed by atoms with E-state index in [1.54, 1.807) is 0 Å². The molecular weight excluding hydrogens is 154 g/mol. The first-order chi connectivity index (χ1) is 5.74. The van der Waals surface area contributed by atoms with Gasteiger partial charge in [0.1, 0.15) is 5.76 Å². The maximum Gasteiger partial charge on any atom is 0.136 e. The number of ether oxygens (including phenoxy) is 1. The van der Waals surface area contributed by atoms with Crippen LogP contribution in [-0.4, -0.2) is 18.4 Å². The van der Waals surface area contributed by atoms with Crippen molar-refractivity contribution in [3.8, 4) is 0 Å². The third-order valence-electron chi connectivity index (χ3n) is 2.37. The van der Waals surface area contributed by atoms with Crippen molar-refractivity contribution in [3.05, 3.63) is 17.5 Å². The number of hydrogen-bond acceptors (Lipinski definition) is 3. The average Bonchev–Trinajstić information content (AvgIpc) is 2.48. The summed E-state index contributed by atoms with van der Waals surface area (Å²) in [5, 5.41) is 4.03. The summed E-state index contributed by atoms with van der Waals surface area (Å²) in [6, 6.07) is 2.03. The van der Waals surface area contributed by atoms with E-state index in [-0.39, 0.29) is 5.41 Å². The first kappa shape index (κ1) is 7.80. The molecule has 0 radical (unpaired) electrons. The smallest absolute Gasteiger partial charge is 0.136 e. The molecule has 1 aromatic heterocycles. The van der Waals surface area contributed by atoms with Crippen LogP contribution in [0.2, 0.25) is 0 Å². The van der Waals surface area contributed by atoms with E-state index in [2.05, 4.69) is 19.0 Å². The fourth-order valence-corrected chi connectivity index (χ4v) is 1.32. The molecular formula is C9H13NO2. The monoisotopic (exact) mass is 167 g/mol. The van der Waals surface area contributed by atoms with Gasteiger partial charge in [0.05, 0.1) is 24.3 Å². The minimum absolute atomic E-state index is 0.108. The molecule has 1 aliphatic heterocycles. The topological polar surface area (TPSA) is 35.3 Å². The van der Waals surface area contributed by atoms with E-state index in [4.69, 9.17) is 9.26 Å². The quantitative estimate of drug-likeness (QED) is 0.670. The predicted octanol–water partition coefficient (Wildman–Crippen LogP) is 1.52. The van der Waals surface area contributed by atoms with Gasteiger partial charge >= 0.3 is 0 Å². The fourth-order valence-electron chi connectivity index (χ4n) is 1.32. The summed E-state index contributed by atoms with van der Waals surface area (Å²) in [4.78, 5) is 0. The maximum absolute atomic E-state index is 5.15. The van der Waals surface area contributed by atoms with Crippen LogP contribution in [-0.2, 0) is 16.6 Å². The molecule has 1 aliphatic rings. The summed E-state index contributed by atoms with van der Waals surface area (Å²) < 4.78 is 10.3. The summed E-state index contributed by atoms with van der Waals surface area (Å²) >= 11 is 0. The van der Waals surface area contributed by atoms with Crippen LogP contribution < -0.4 is 0 Å². The second-order valence-electron chi connectivity index (χ2n) is 3.59. The van der Waals surface area contributed by atoms with Gasteiger partial charge in [0.15, 0.2) is 0 Å². The van der Waals surface area contributed by atoms with Gasteiger partial charge in [0, 0.05) is 12.5 Å². The van der Waals surface area contributed by atoms with Gasteiger partial charge in [-0.25, -0.2) is 0 Å². The first-order valence-electron chi connectivity index (χ1n) is 4.28. The normalized spacial score (nSPS) is 20.5. The van der Waals surface area contributed by atoms with Crippen molar-refractivity contribution in [1.29, 1.82) is 0 Å². The van der Waals surface area contributed by atoms with Crippen molar-refractivity contribution in [1.82, 2.24) is 5.16 Å². The molecule has 0 saturated carbocycles. The highest BCUT2D eigenvalue weighted by Gasteiger charge is 2.38. The number of hydrogen-bond donors (Lipinski definition) is 0. The van der Waals surface area contributed by atoms with E-state index in [1.165, 1.54) is 0 Å². The zero-order chi connectivity index (χ0) is 8.60. The average molecular weight is 167 g/mol. The number of aryl methyl sites for hydroxylation is 1. The van der Waals surface area contributed by atoms with Crippen LogP contribution in [0.5, 0.6) is 0 Å². The molecule has 3 heteroatoms. The largest absolute Gasteiger partial charge is 0.379 e. The Balaban J connectivity index is 2.22. The number of aromatic nitrogens is 1. The molecule has 0 aliphatic carbocycles. The minimum atomic E-state index is 0.108. The zero-order valence-electron chi connectivity index (χ0n) is 7.46. The van der Waals surface area contributed by atoms with Gasteiger partial charge in [-0.1, -0.05) is 12.1 Å². The Morgan fingerprint density at radius 3 is 2.75 bits per heavy atom. The van der Waals surface area contributed by atoms with E-state index in [0.29, 0.717) is 0 Å². The predicted molar refractivity (Wildman–Crippen MR) is 44.1 cm³/mol. The van der Waals surface area contributed by atoms with E-state index >= 15 is 0 Å². The van der Waals surface area contributed by atoms with E-state index in [9.17, 15) is 0 Å². The first-order valence-corrected chi connectivity index (χ1v) is 4.28. The molecule has 0 atom stereocenters. The highest BCUT2D eigenvalue weighted by Crippen LogP contribution is 2.30. The van der Waals surface area contributed by atoms with E-state index in [1.807, 2.05) is 6.07 Å². The summed E-state index contributed by atoms with van der Waals surface area (Å²) in [7, 11) is 0. The third kappa shape index (κ3) is 1.05. The van der Waals surface area contributed by atoms with Crippen molar-refractivity contribution < 1.29 is 9.26 Å². The summed E-state index contributed by atoms with van der Waals surface area (Å²) in [6.45, 7) is 5.74. The standard InChI is InChI=1S/C9H13NO2/c1-3-7-4-8(10-12-7)9(2)5-11-6-9/h4H,3,5-6H2,1-2H3. The van der Waals surface area contributed by atoms with Crippen LogP contribution >= 0.6 is 0 Å². The van der Waals surface area contributed by atoms with Gasteiger partial charge in [0.2, 0.25) is 0 Å². The molecule has 12 heavy (non-hydrogen) atoms. The molecule has 66 valence electrons. The Hall–Kier alpha value is -0.830. The van der Waals surface area contributed by atoms with Gasteiger partial charge in [-0.2, -0.15) is 0 Å². The van der Waals surface area contributed by atoms with Crippen molar-refractivity contribution >= 4 is 0 Å². The third-order valence-corrected chi connectivity index (χ3v) is 2.37. The van der Waals surface area contributed by atoms with Crippen LogP contribution in [0.15, 0.2) is 10.6 Å². The second-order valence-corrected chi connectivity index (χ2v) is 3.59. The summed E-state index contributed by atoms with van der Waals surface area (Å²) in [6.07, 6.45) is 0.907. The maximum atomic E-state index is 5.15. The van der Waals surface area contributed by atoms with Gasteiger partial charge in [-0.3, -0.25) is 0 Å². The Morgan fingerprint density at radius 2 is 2.33 bits per heavy atom. The van der Waals surface area contributed by atoms with Crippen molar-refractivity contribution in [3.63, 3.8) is 0 Å². The Bertz CT molecular complexity index is 276. The van der Waals surface area contributed by atoms with Gasteiger partial charge in [-0.05, 0) is 6.92 Å². The molecule has 0 amide bonds. The van der Waals surface area contributed by atoms with Crippen molar-refractivity contribution in [2.45, 2.75) is 25.7 Å². The molecule has 1 saturated heterocycles. The fraction of sp³-hybridized carbons (Fsp3) is 0.667. The Morgan fingerprint density at radius 1 is 1.58 bits per heavy atom. The molecule has 2 heterocycles. The van der Waals surface area contributed by atoms with Gasteiger partial charge in [0.25, 0.3) is 0 Å². The molecule has 0 unspecified atom stereocenters. The van der Waals surface area contributed by atoms with Crippen LogP contribution in [0.4, 0.5) is 0 Å². The van der Waals surface area contributed by atoms with E-state index in [0.717, 1.165) is 31.1 Å². The lowest BCUT2D eigenvalue weighted by Gasteiger charge is -2.35. The summed E-state index contributed by atoms with van der Waals surface area (Å²) in [5.74, 6) is 0.957. The number of nitrogens with zero attached hydrogens (tertiary/aromatic N) is 1. The van der Waals surface area contributed by atoms with Crippen molar-refractivity contribution in [2.75, 3.05) is 13.2 Å². The molecule has 0 bridgehead atoms. The molecule has 2 rings (SSSR count). The molecule has 1 fully saturated rings. The lowest BCUT2D eigenvalue weighted by molar-refractivity contribution is -0.0532. The minimum Gasteiger partial charge on any atom is -0.379 e. The van der Waals surface area contributed by atoms with Gasteiger partial charge in [-0.15, -0.1) is 0 Å². The Labute approximate surface area is 71.7 Å². The van der Waals surface area contributed by atoms with Crippen molar-refractivity contribution in [2.24, 2.45) is 0 Å². The van der Waals surface area contributed by atoms with Crippen LogP contribution in [0.25, 0.3) is 0 Å². The van der Waals surface area contributed by atoms with Crippen LogP contribution in [0.3, 0.4) is 0 Å². The molecule has 0 aromatic carbocycles. The Kier molecular flexibility index (Phi) is 1.68. The van der Waals surface area contributed by atoms with Crippen LogP contribution in [0.1, 0.15) is 25.3 Å². The lowest BCUT2D eigenvalue weighted by atomic mass is 9.85.